The molecule has 0 fully saturated rings. The van der Waals surface area contributed by atoms with Gasteiger partial charge in [0.2, 0.25) is 0 Å². The maximum atomic E-state index is 11.6. The van der Waals surface area contributed by atoms with Crippen LogP contribution in [-0.4, -0.2) is 11.0 Å². The monoisotopic (exact) mass is 283 g/mol. The van der Waals surface area contributed by atoms with Crippen molar-refractivity contribution in [2.45, 2.75) is 13.8 Å². The Morgan fingerprint density at radius 3 is 2.76 bits per heavy atom. The summed E-state index contributed by atoms with van der Waals surface area (Å²) in [5.41, 5.74) is 1.55. The first-order valence-corrected chi connectivity index (χ1v) is 6.59. The van der Waals surface area contributed by atoms with Crippen molar-refractivity contribution >= 4 is 17.1 Å². The second-order valence-corrected chi connectivity index (χ2v) is 5.05. The van der Waals surface area contributed by atoms with E-state index in [1.165, 1.54) is 12.1 Å². The molecule has 21 heavy (non-hydrogen) atoms. The first kappa shape index (κ1) is 13.3. The number of esters is 1. The average Bonchev–Trinajstić information content (AvgIpc) is 2.45. The number of nitrogens with zero attached hydrogens (tertiary/aromatic N) is 1. The van der Waals surface area contributed by atoms with E-state index < -0.39 is 0 Å². The standard InChI is InChI=1S/C16H13NO4/c1-9(2)16(19)20-11-4-6-13-15(8-11)21-14-7-10(18)3-5-12(14)17-13/h3-9H,1-2H3. The van der Waals surface area contributed by atoms with Crippen LogP contribution in [0.25, 0.3) is 22.6 Å². The van der Waals surface area contributed by atoms with E-state index in [4.69, 9.17) is 9.15 Å². The highest BCUT2D eigenvalue weighted by Crippen LogP contribution is 2.26. The molecule has 0 aromatic heterocycles. The van der Waals surface area contributed by atoms with Crippen molar-refractivity contribution in [1.29, 1.82) is 0 Å². The van der Waals surface area contributed by atoms with Crippen molar-refractivity contribution in [2.75, 3.05) is 0 Å². The van der Waals surface area contributed by atoms with Gasteiger partial charge in [0.25, 0.3) is 0 Å². The number of ether oxygens (including phenoxy) is 1. The molecule has 0 saturated heterocycles. The molecule has 2 aliphatic rings. The van der Waals surface area contributed by atoms with Crippen molar-refractivity contribution in [3.05, 3.63) is 46.6 Å². The second kappa shape index (κ2) is 5.01. The van der Waals surface area contributed by atoms with Gasteiger partial charge in [-0.3, -0.25) is 9.59 Å². The summed E-state index contributed by atoms with van der Waals surface area (Å²) in [5, 5.41) is 0. The molecule has 0 atom stereocenters. The molecule has 1 aromatic carbocycles. The van der Waals surface area contributed by atoms with Gasteiger partial charge in [0.05, 0.1) is 5.92 Å². The van der Waals surface area contributed by atoms with Gasteiger partial charge in [-0.1, -0.05) is 13.8 Å². The number of carbonyl (C=O) groups is 1. The second-order valence-electron chi connectivity index (χ2n) is 5.05. The van der Waals surface area contributed by atoms with E-state index in [1.54, 1.807) is 38.1 Å². The number of fused-ring (bicyclic) bond motifs is 2. The molecule has 1 aliphatic heterocycles. The minimum absolute atomic E-state index is 0.144. The molecular weight excluding hydrogens is 270 g/mol. The molecule has 1 heterocycles. The number of hydrogen-bond acceptors (Lipinski definition) is 5. The van der Waals surface area contributed by atoms with Crippen LogP contribution in [0.15, 0.2) is 45.6 Å². The van der Waals surface area contributed by atoms with E-state index in [1.807, 2.05) is 0 Å². The predicted molar refractivity (Wildman–Crippen MR) is 77.4 cm³/mol. The highest BCUT2D eigenvalue weighted by molar-refractivity contribution is 5.80. The lowest BCUT2D eigenvalue weighted by Gasteiger charge is -2.09. The normalized spacial score (nSPS) is 11.2. The fourth-order valence-corrected chi connectivity index (χ4v) is 1.88. The molecule has 106 valence electrons. The van der Waals surface area contributed by atoms with Gasteiger partial charge in [-0.25, -0.2) is 4.98 Å². The minimum atomic E-state index is -0.315. The van der Waals surface area contributed by atoms with Crippen LogP contribution in [0.2, 0.25) is 0 Å². The van der Waals surface area contributed by atoms with Gasteiger partial charge in [-0.15, -0.1) is 0 Å². The Morgan fingerprint density at radius 1 is 1.19 bits per heavy atom. The third kappa shape index (κ3) is 2.63. The molecule has 0 radical (unpaired) electrons. The molecule has 0 unspecified atom stereocenters. The summed E-state index contributed by atoms with van der Waals surface area (Å²) < 4.78 is 10.9. The van der Waals surface area contributed by atoms with Gasteiger partial charge in [0.15, 0.2) is 16.8 Å². The third-order valence-electron chi connectivity index (χ3n) is 3.01. The van der Waals surface area contributed by atoms with E-state index >= 15 is 0 Å². The molecule has 1 aromatic rings. The molecule has 0 amide bonds. The van der Waals surface area contributed by atoms with E-state index in [0.29, 0.717) is 28.3 Å². The number of benzene rings is 2. The Kier molecular flexibility index (Phi) is 3.17. The number of aromatic nitrogens is 1. The van der Waals surface area contributed by atoms with Crippen molar-refractivity contribution in [2.24, 2.45) is 5.92 Å². The zero-order valence-corrected chi connectivity index (χ0v) is 11.6. The van der Waals surface area contributed by atoms with Gasteiger partial charge in [-0.2, -0.15) is 0 Å². The Balaban J connectivity index is 2.09. The first-order valence-electron chi connectivity index (χ1n) is 6.59. The molecular formula is C16H13NO4. The summed E-state index contributed by atoms with van der Waals surface area (Å²) in [7, 11) is 0. The average molecular weight is 283 g/mol. The van der Waals surface area contributed by atoms with E-state index in [9.17, 15) is 9.59 Å². The molecule has 5 heteroatoms. The van der Waals surface area contributed by atoms with Crippen LogP contribution < -0.4 is 10.2 Å². The predicted octanol–water partition coefficient (Wildman–Crippen LogP) is 2.85. The van der Waals surface area contributed by atoms with Gasteiger partial charge in [-0.05, 0) is 24.3 Å². The van der Waals surface area contributed by atoms with Crippen LogP contribution >= 0.6 is 0 Å². The third-order valence-corrected chi connectivity index (χ3v) is 3.01. The summed E-state index contributed by atoms with van der Waals surface area (Å²) in [6.07, 6.45) is 0. The lowest BCUT2D eigenvalue weighted by atomic mass is 10.2. The Bertz CT molecular complexity index is 850. The van der Waals surface area contributed by atoms with Crippen LogP contribution in [0.5, 0.6) is 5.75 Å². The maximum Gasteiger partial charge on any atom is 0.313 e. The minimum Gasteiger partial charge on any atom is -0.453 e. The zero-order valence-electron chi connectivity index (χ0n) is 11.6. The largest absolute Gasteiger partial charge is 0.453 e. The topological polar surface area (TPSA) is 69.4 Å². The quantitative estimate of drug-likeness (QED) is 0.411. The van der Waals surface area contributed by atoms with E-state index in [0.717, 1.165) is 0 Å². The fourth-order valence-electron chi connectivity index (χ4n) is 1.88. The summed E-state index contributed by atoms with van der Waals surface area (Å²) in [6, 6.07) is 9.42. The summed E-state index contributed by atoms with van der Waals surface area (Å²) in [5.74, 6) is 0.270. The molecule has 5 nitrogen and oxygen atoms in total. The number of rotatable bonds is 2. The molecule has 1 aliphatic carbocycles. The summed E-state index contributed by atoms with van der Waals surface area (Å²) in [6.45, 7) is 3.52. The van der Waals surface area contributed by atoms with E-state index in [-0.39, 0.29) is 17.3 Å². The number of hydrogen-bond donors (Lipinski definition) is 0. The Hall–Kier alpha value is -2.69. The maximum absolute atomic E-state index is 11.6. The van der Waals surface area contributed by atoms with E-state index in [2.05, 4.69) is 4.98 Å². The lowest BCUT2D eigenvalue weighted by molar-refractivity contribution is -0.137. The van der Waals surface area contributed by atoms with Crippen LogP contribution in [-0.2, 0) is 4.79 Å². The molecule has 0 saturated carbocycles. The smallest absolute Gasteiger partial charge is 0.313 e. The molecule has 0 N–H and O–H groups in total. The summed E-state index contributed by atoms with van der Waals surface area (Å²) in [4.78, 5) is 27.3. The van der Waals surface area contributed by atoms with Gasteiger partial charge >= 0.3 is 5.97 Å². The summed E-state index contributed by atoms with van der Waals surface area (Å²) >= 11 is 0. The first-order chi connectivity index (χ1) is 10.0. The van der Waals surface area contributed by atoms with Crippen molar-refractivity contribution in [1.82, 2.24) is 4.98 Å². The highest BCUT2D eigenvalue weighted by Gasteiger charge is 2.13. The molecule has 0 spiro atoms. The van der Waals surface area contributed by atoms with Crippen molar-refractivity contribution < 1.29 is 13.9 Å². The SMILES string of the molecule is CC(C)C(=O)Oc1ccc2nc3ccc(=O)cc-3oc2c1. The van der Waals surface area contributed by atoms with Crippen LogP contribution in [0.3, 0.4) is 0 Å². The lowest BCUT2D eigenvalue weighted by Crippen LogP contribution is -2.14. The van der Waals surface area contributed by atoms with Gasteiger partial charge < -0.3 is 9.15 Å². The van der Waals surface area contributed by atoms with Gasteiger partial charge in [0, 0.05) is 12.1 Å². The van der Waals surface area contributed by atoms with Gasteiger partial charge in [0.1, 0.15) is 17.0 Å². The fraction of sp³-hybridized carbons (Fsp3) is 0.188. The Morgan fingerprint density at radius 2 is 2.00 bits per heavy atom. The van der Waals surface area contributed by atoms with Crippen molar-refractivity contribution in [3.63, 3.8) is 0 Å². The van der Waals surface area contributed by atoms with Crippen LogP contribution in [0.1, 0.15) is 13.8 Å². The number of carbonyl (C=O) groups excluding carboxylic acids is 1. The van der Waals surface area contributed by atoms with Crippen LogP contribution in [0, 0.1) is 5.92 Å². The van der Waals surface area contributed by atoms with Crippen LogP contribution in [0.4, 0.5) is 0 Å². The zero-order chi connectivity index (χ0) is 15.0. The Labute approximate surface area is 120 Å². The molecule has 3 rings (SSSR count). The molecule has 0 bridgehead atoms. The highest BCUT2D eigenvalue weighted by atomic mass is 16.5. The van der Waals surface area contributed by atoms with Crippen molar-refractivity contribution in [3.8, 4) is 17.2 Å².